The van der Waals surface area contributed by atoms with Gasteiger partial charge >= 0.3 is 13.1 Å². The van der Waals surface area contributed by atoms with Crippen LogP contribution < -0.4 is 0 Å². The van der Waals surface area contributed by atoms with E-state index in [9.17, 15) is 9.90 Å². The summed E-state index contributed by atoms with van der Waals surface area (Å²) >= 11 is 0. The van der Waals surface area contributed by atoms with Crippen molar-refractivity contribution in [1.82, 2.24) is 0 Å². The smallest absolute Gasteiger partial charge is 0.461 e. The van der Waals surface area contributed by atoms with E-state index in [1.807, 2.05) is 121 Å². The van der Waals surface area contributed by atoms with Crippen molar-refractivity contribution in [2.75, 3.05) is 14.2 Å². The average Bonchev–Trinajstić information content (AvgIpc) is 3.73. The molecule has 7 heteroatoms. The van der Waals surface area contributed by atoms with Gasteiger partial charge in [-0.2, -0.15) is 0 Å². The zero-order valence-electron chi connectivity index (χ0n) is 23.1. The summed E-state index contributed by atoms with van der Waals surface area (Å²) in [5.41, 5.74) is 1.36. The number of ether oxygens (including phenoxy) is 2. The van der Waals surface area contributed by atoms with Crippen molar-refractivity contribution in [2.45, 2.75) is 35.6 Å². The number of carbonyl (C=O) groups is 1. The number of methoxy groups -OCH3 is 2. The second kappa shape index (κ2) is 11.3. The van der Waals surface area contributed by atoms with Crippen molar-refractivity contribution >= 4 is 13.1 Å². The van der Waals surface area contributed by atoms with Crippen LogP contribution in [0.5, 0.6) is 0 Å². The number of hydrogen-bond acceptors (Lipinski definition) is 5. The lowest BCUT2D eigenvalue weighted by molar-refractivity contribution is -0.138. The zero-order chi connectivity index (χ0) is 28.5. The molecule has 1 heterocycles. The average molecular weight is 548 g/mol. The molecule has 0 unspecified atom stereocenters. The molecule has 208 valence electrons. The normalized spacial score (nSPS) is 22.4. The molecular weight excluding hydrogens is 515 g/mol. The molecule has 0 bridgehead atoms. The van der Waals surface area contributed by atoms with Crippen LogP contribution in [-0.2, 0) is 34.8 Å². The van der Waals surface area contributed by atoms with Crippen LogP contribution in [0.15, 0.2) is 121 Å². The Balaban J connectivity index is 1.60. The SMILES string of the molecule is COC(c1ccccc1)(c1ccccc1)[C@@H]1OB([C@H]2C[C@@H]2C(=O)O)O[C@H]1C(OC)(c1ccccc1)c1ccccc1. The standard InChI is InChI=1S/C34H33BO6/c1-38-33(24-15-7-3-8-16-24,25-17-9-4-10-18-25)30-31(41-35(40-30)29-23-28(29)32(36)37)34(39-2,26-19-11-5-12-20-26)27-21-13-6-14-22-27/h3-22,28-31H,23H2,1-2H3,(H,36,37)/t28-,29-,30+,31+/m0/s1. The third kappa shape index (κ3) is 4.59. The molecule has 4 aromatic carbocycles. The second-order valence-electron chi connectivity index (χ2n) is 10.7. The number of carboxylic acids is 1. The van der Waals surface area contributed by atoms with Gasteiger partial charge in [-0.15, -0.1) is 0 Å². The Bertz CT molecular complexity index is 1270. The number of aliphatic carboxylic acids is 1. The van der Waals surface area contributed by atoms with Crippen molar-refractivity contribution < 1.29 is 28.7 Å². The van der Waals surface area contributed by atoms with Gasteiger partial charge < -0.3 is 23.9 Å². The summed E-state index contributed by atoms with van der Waals surface area (Å²) in [4.78, 5) is 11.9. The van der Waals surface area contributed by atoms with E-state index in [4.69, 9.17) is 18.8 Å². The van der Waals surface area contributed by atoms with E-state index in [-0.39, 0.29) is 5.82 Å². The molecular formula is C34H33BO6. The zero-order valence-corrected chi connectivity index (χ0v) is 23.1. The largest absolute Gasteiger partial charge is 0.481 e. The molecule has 2 fully saturated rings. The Labute approximate surface area is 241 Å². The van der Waals surface area contributed by atoms with Crippen LogP contribution in [0.25, 0.3) is 0 Å². The topological polar surface area (TPSA) is 74.2 Å². The highest BCUT2D eigenvalue weighted by Gasteiger charge is 2.66. The molecule has 0 spiro atoms. The van der Waals surface area contributed by atoms with Gasteiger partial charge in [-0.1, -0.05) is 121 Å². The van der Waals surface area contributed by atoms with Gasteiger partial charge in [-0.05, 0) is 28.7 Å². The maximum absolute atomic E-state index is 11.9. The Kier molecular flexibility index (Phi) is 7.53. The molecule has 41 heavy (non-hydrogen) atoms. The predicted octanol–water partition coefficient (Wildman–Crippen LogP) is 5.91. The Morgan fingerprint density at radius 1 is 0.659 bits per heavy atom. The van der Waals surface area contributed by atoms with Crippen molar-refractivity contribution in [1.29, 1.82) is 0 Å². The molecule has 6 rings (SSSR count). The van der Waals surface area contributed by atoms with E-state index in [0.29, 0.717) is 6.42 Å². The molecule has 0 amide bonds. The number of benzene rings is 4. The fourth-order valence-corrected chi connectivity index (χ4v) is 6.52. The maximum atomic E-state index is 11.9. The molecule has 4 atom stereocenters. The van der Waals surface area contributed by atoms with E-state index in [1.165, 1.54) is 0 Å². The molecule has 1 saturated carbocycles. The molecule has 6 nitrogen and oxygen atoms in total. The van der Waals surface area contributed by atoms with Crippen molar-refractivity contribution in [3.05, 3.63) is 144 Å². The first-order chi connectivity index (χ1) is 20.1. The number of rotatable bonds is 10. The monoisotopic (exact) mass is 548 g/mol. The summed E-state index contributed by atoms with van der Waals surface area (Å²) in [6, 6.07) is 39.9. The van der Waals surface area contributed by atoms with Crippen LogP contribution in [0, 0.1) is 5.92 Å². The lowest BCUT2D eigenvalue weighted by Crippen LogP contribution is -2.56. The van der Waals surface area contributed by atoms with Gasteiger partial charge in [-0.3, -0.25) is 4.79 Å². The summed E-state index contributed by atoms with van der Waals surface area (Å²) in [5, 5.41) is 9.78. The Morgan fingerprint density at radius 2 is 0.976 bits per heavy atom. The first kappa shape index (κ1) is 27.4. The van der Waals surface area contributed by atoms with Crippen molar-refractivity contribution in [2.24, 2.45) is 5.92 Å². The van der Waals surface area contributed by atoms with Gasteiger partial charge in [0.25, 0.3) is 0 Å². The third-order valence-electron chi connectivity index (χ3n) is 8.60. The Hall–Kier alpha value is -3.75. The van der Waals surface area contributed by atoms with Gasteiger partial charge in [0.2, 0.25) is 0 Å². The molecule has 1 aliphatic heterocycles. The minimum Gasteiger partial charge on any atom is -0.481 e. The molecule has 0 radical (unpaired) electrons. The predicted molar refractivity (Wildman–Crippen MR) is 156 cm³/mol. The van der Waals surface area contributed by atoms with Gasteiger partial charge in [0.05, 0.1) is 5.92 Å². The third-order valence-corrected chi connectivity index (χ3v) is 8.60. The van der Waals surface area contributed by atoms with Gasteiger partial charge in [0.1, 0.15) is 23.4 Å². The highest BCUT2D eigenvalue weighted by Crippen LogP contribution is 2.56. The summed E-state index contributed by atoms with van der Waals surface area (Å²) < 4.78 is 27.0. The highest BCUT2D eigenvalue weighted by atomic mass is 16.7. The molecule has 4 aromatic rings. The van der Waals surface area contributed by atoms with Crippen LogP contribution in [-0.4, -0.2) is 44.6 Å². The van der Waals surface area contributed by atoms with E-state index in [0.717, 1.165) is 22.3 Å². The Morgan fingerprint density at radius 3 is 1.22 bits per heavy atom. The molecule has 1 saturated heterocycles. The first-order valence-electron chi connectivity index (χ1n) is 13.9. The van der Waals surface area contributed by atoms with Crippen LogP contribution in [0.4, 0.5) is 0 Å². The lowest BCUT2D eigenvalue weighted by atomic mass is 9.71. The van der Waals surface area contributed by atoms with Crippen LogP contribution in [0.2, 0.25) is 5.82 Å². The summed E-state index contributed by atoms with van der Waals surface area (Å²) in [7, 11) is 2.62. The van der Waals surface area contributed by atoms with Crippen LogP contribution in [0.1, 0.15) is 28.7 Å². The second-order valence-corrected chi connectivity index (χ2v) is 10.7. The van der Waals surface area contributed by atoms with Crippen molar-refractivity contribution in [3.63, 3.8) is 0 Å². The van der Waals surface area contributed by atoms with Crippen molar-refractivity contribution in [3.8, 4) is 0 Å². The minimum atomic E-state index is -1.11. The molecule has 0 aromatic heterocycles. The van der Waals surface area contributed by atoms with Crippen LogP contribution >= 0.6 is 0 Å². The maximum Gasteiger partial charge on any atom is 0.461 e. The van der Waals surface area contributed by atoms with E-state index in [2.05, 4.69) is 0 Å². The van der Waals surface area contributed by atoms with E-state index < -0.39 is 42.4 Å². The first-order valence-corrected chi connectivity index (χ1v) is 13.9. The molecule has 1 N–H and O–H groups in total. The fourth-order valence-electron chi connectivity index (χ4n) is 6.52. The summed E-state index contributed by atoms with van der Waals surface area (Å²) in [6.45, 7) is 0. The van der Waals surface area contributed by atoms with E-state index >= 15 is 0 Å². The van der Waals surface area contributed by atoms with Gasteiger partial charge in [-0.25, -0.2) is 0 Å². The molecule has 2 aliphatic rings. The lowest BCUT2D eigenvalue weighted by Gasteiger charge is -2.47. The van der Waals surface area contributed by atoms with Crippen LogP contribution in [0.3, 0.4) is 0 Å². The summed E-state index contributed by atoms with van der Waals surface area (Å²) in [5.74, 6) is -1.63. The summed E-state index contributed by atoms with van der Waals surface area (Å²) in [6.07, 6.45) is -0.956. The molecule has 1 aliphatic carbocycles. The fraction of sp³-hybridized carbons (Fsp3) is 0.265. The quantitative estimate of drug-likeness (QED) is 0.248. The van der Waals surface area contributed by atoms with Gasteiger partial charge in [0.15, 0.2) is 0 Å². The highest BCUT2D eigenvalue weighted by molar-refractivity contribution is 6.49. The minimum absolute atomic E-state index is 0.276. The number of hydrogen-bond donors (Lipinski definition) is 1. The number of carboxylic acid groups (broad SMARTS) is 1. The van der Waals surface area contributed by atoms with E-state index in [1.54, 1.807) is 14.2 Å². The van der Waals surface area contributed by atoms with Gasteiger partial charge in [0, 0.05) is 20.0 Å².